The van der Waals surface area contributed by atoms with Crippen LogP contribution in [0, 0.1) is 0 Å². The molecule has 1 aromatic rings. The summed E-state index contributed by atoms with van der Waals surface area (Å²) >= 11 is 0. The fourth-order valence-corrected chi connectivity index (χ4v) is 3.86. The van der Waals surface area contributed by atoms with E-state index in [-0.39, 0.29) is 6.04 Å². The molecule has 2 N–H and O–H groups in total. The van der Waals surface area contributed by atoms with Crippen molar-refractivity contribution < 1.29 is 4.74 Å². The highest BCUT2D eigenvalue weighted by Gasteiger charge is 2.18. The first-order valence-electron chi connectivity index (χ1n) is 8.80. The molecule has 2 nitrogen and oxygen atoms in total. The molecule has 21 heavy (non-hydrogen) atoms. The van der Waals surface area contributed by atoms with E-state index in [2.05, 4.69) is 24.3 Å². The Morgan fingerprint density at radius 1 is 1.00 bits per heavy atom. The van der Waals surface area contributed by atoms with Gasteiger partial charge >= 0.3 is 0 Å². The van der Waals surface area contributed by atoms with E-state index >= 15 is 0 Å². The first-order chi connectivity index (χ1) is 10.3. The molecule has 116 valence electrons. The maximum Gasteiger partial charge on any atom is 0.0576 e. The van der Waals surface area contributed by atoms with Crippen molar-refractivity contribution in [3.63, 3.8) is 0 Å². The van der Waals surface area contributed by atoms with E-state index in [0.29, 0.717) is 6.10 Å². The van der Waals surface area contributed by atoms with Gasteiger partial charge < -0.3 is 10.5 Å². The summed E-state index contributed by atoms with van der Waals surface area (Å²) in [6, 6.07) is 9.30. The lowest BCUT2D eigenvalue weighted by Gasteiger charge is -2.22. The molecule has 1 saturated heterocycles. The van der Waals surface area contributed by atoms with Crippen LogP contribution in [0.25, 0.3) is 0 Å². The van der Waals surface area contributed by atoms with Crippen molar-refractivity contribution in [1.29, 1.82) is 0 Å². The molecule has 0 aromatic heterocycles. The number of nitrogens with two attached hydrogens (primary N) is 1. The lowest BCUT2D eigenvalue weighted by molar-refractivity contribution is 0.101. The molecule has 2 aliphatic rings. The van der Waals surface area contributed by atoms with Crippen LogP contribution in [0.2, 0.25) is 0 Å². The van der Waals surface area contributed by atoms with Crippen LogP contribution in [-0.4, -0.2) is 12.7 Å². The van der Waals surface area contributed by atoms with E-state index in [0.717, 1.165) is 25.4 Å². The highest BCUT2D eigenvalue weighted by molar-refractivity contribution is 5.27. The maximum absolute atomic E-state index is 6.35. The molecule has 2 heteroatoms. The second kappa shape index (κ2) is 7.42. The van der Waals surface area contributed by atoms with Crippen molar-refractivity contribution in [3.8, 4) is 0 Å². The number of benzene rings is 1. The van der Waals surface area contributed by atoms with Crippen LogP contribution >= 0.6 is 0 Å². The average molecular weight is 287 g/mol. The van der Waals surface area contributed by atoms with Gasteiger partial charge in [-0.2, -0.15) is 0 Å². The Labute approximate surface area is 129 Å². The topological polar surface area (TPSA) is 35.2 Å². The molecule has 3 rings (SSSR count). The molecule has 1 heterocycles. The third-order valence-electron chi connectivity index (χ3n) is 5.26. The molecule has 0 spiro atoms. The van der Waals surface area contributed by atoms with Crippen LogP contribution in [0.1, 0.15) is 80.9 Å². The number of ether oxygens (including phenoxy) is 1. The molecule has 0 bridgehead atoms. The van der Waals surface area contributed by atoms with Gasteiger partial charge in [-0.3, -0.25) is 0 Å². The van der Waals surface area contributed by atoms with Crippen LogP contribution in [0.4, 0.5) is 0 Å². The molecule has 2 fully saturated rings. The summed E-state index contributed by atoms with van der Waals surface area (Å²) in [5, 5.41) is 0. The van der Waals surface area contributed by atoms with E-state index in [9.17, 15) is 0 Å². The molecule has 0 radical (unpaired) electrons. The van der Waals surface area contributed by atoms with Crippen LogP contribution in [-0.2, 0) is 4.74 Å². The first-order valence-corrected chi connectivity index (χ1v) is 8.80. The van der Waals surface area contributed by atoms with E-state index in [1.165, 1.54) is 56.1 Å². The Morgan fingerprint density at radius 2 is 1.76 bits per heavy atom. The summed E-state index contributed by atoms with van der Waals surface area (Å²) in [6.45, 7) is 0.940. The standard InChI is InChI=1S/C19H29NO/c20-19(13-12-18-7-4-14-21-18)17-10-8-16(9-11-17)15-5-2-1-3-6-15/h8-11,15,18-19H,1-7,12-14,20H2. The van der Waals surface area contributed by atoms with Gasteiger partial charge in [0.25, 0.3) is 0 Å². The minimum atomic E-state index is 0.162. The lowest BCUT2D eigenvalue weighted by Crippen LogP contribution is -2.14. The van der Waals surface area contributed by atoms with Gasteiger partial charge in [0.2, 0.25) is 0 Å². The van der Waals surface area contributed by atoms with Gasteiger partial charge in [-0.05, 0) is 55.6 Å². The number of hydrogen-bond donors (Lipinski definition) is 1. The normalized spacial score (nSPS) is 25.1. The number of hydrogen-bond acceptors (Lipinski definition) is 2. The molecule has 2 unspecified atom stereocenters. The minimum Gasteiger partial charge on any atom is -0.378 e. The molecule has 1 saturated carbocycles. The Kier molecular flexibility index (Phi) is 5.32. The van der Waals surface area contributed by atoms with Crippen LogP contribution in [0.15, 0.2) is 24.3 Å². The highest BCUT2D eigenvalue weighted by atomic mass is 16.5. The highest BCUT2D eigenvalue weighted by Crippen LogP contribution is 2.33. The zero-order chi connectivity index (χ0) is 14.5. The quantitative estimate of drug-likeness (QED) is 0.852. The Balaban J connectivity index is 1.52. The summed E-state index contributed by atoms with van der Waals surface area (Å²) in [4.78, 5) is 0. The predicted octanol–water partition coefficient (Wildman–Crippen LogP) is 4.69. The Hall–Kier alpha value is -0.860. The molecule has 1 aliphatic heterocycles. The molecule has 1 aliphatic carbocycles. The maximum atomic E-state index is 6.35. The smallest absolute Gasteiger partial charge is 0.0576 e. The van der Waals surface area contributed by atoms with Crippen molar-refractivity contribution in [2.45, 2.75) is 75.9 Å². The first kappa shape index (κ1) is 15.1. The van der Waals surface area contributed by atoms with Gasteiger partial charge in [-0.25, -0.2) is 0 Å². The molecule has 1 aromatic carbocycles. The Bertz CT molecular complexity index is 416. The molecule has 2 atom stereocenters. The van der Waals surface area contributed by atoms with Crippen molar-refractivity contribution in [1.82, 2.24) is 0 Å². The van der Waals surface area contributed by atoms with Gasteiger partial charge in [0.05, 0.1) is 6.10 Å². The van der Waals surface area contributed by atoms with E-state index in [1.54, 1.807) is 0 Å². The summed E-state index contributed by atoms with van der Waals surface area (Å²) in [6.07, 6.45) is 12.0. The number of rotatable bonds is 5. The molecular weight excluding hydrogens is 258 g/mol. The van der Waals surface area contributed by atoms with E-state index < -0.39 is 0 Å². The zero-order valence-electron chi connectivity index (χ0n) is 13.1. The average Bonchev–Trinajstić information content (AvgIpc) is 3.07. The van der Waals surface area contributed by atoms with Gasteiger partial charge in [-0.15, -0.1) is 0 Å². The monoisotopic (exact) mass is 287 g/mol. The fraction of sp³-hybridized carbons (Fsp3) is 0.684. The van der Waals surface area contributed by atoms with Crippen LogP contribution < -0.4 is 5.73 Å². The molecule has 0 amide bonds. The molecular formula is C19H29NO. The lowest BCUT2D eigenvalue weighted by atomic mass is 9.83. The SMILES string of the molecule is NC(CCC1CCCO1)c1ccc(C2CCCCC2)cc1. The summed E-state index contributed by atoms with van der Waals surface area (Å²) in [5.74, 6) is 0.788. The van der Waals surface area contributed by atoms with Gasteiger partial charge in [0, 0.05) is 12.6 Å². The van der Waals surface area contributed by atoms with E-state index in [1.807, 2.05) is 0 Å². The zero-order valence-corrected chi connectivity index (χ0v) is 13.1. The van der Waals surface area contributed by atoms with Crippen molar-refractivity contribution in [3.05, 3.63) is 35.4 Å². The van der Waals surface area contributed by atoms with Crippen molar-refractivity contribution in [2.24, 2.45) is 5.73 Å². The van der Waals surface area contributed by atoms with Gasteiger partial charge in [0.15, 0.2) is 0 Å². The predicted molar refractivity (Wildman–Crippen MR) is 87.4 cm³/mol. The fourth-order valence-electron chi connectivity index (χ4n) is 3.86. The van der Waals surface area contributed by atoms with Crippen molar-refractivity contribution in [2.75, 3.05) is 6.61 Å². The van der Waals surface area contributed by atoms with Crippen molar-refractivity contribution >= 4 is 0 Å². The third kappa shape index (κ3) is 4.08. The second-order valence-electron chi connectivity index (χ2n) is 6.82. The van der Waals surface area contributed by atoms with Gasteiger partial charge in [-0.1, -0.05) is 43.5 Å². The second-order valence-corrected chi connectivity index (χ2v) is 6.82. The van der Waals surface area contributed by atoms with Gasteiger partial charge in [0.1, 0.15) is 0 Å². The summed E-state index contributed by atoms with van der Waals surface area (Å²) in [5.41, 5.74) is 9.15. The Morgan fingerprint density at radius 3 is 2.43 bits per heavy atom. The van der Waals surface area contributed by atoms with E-state index in [4.69, 9.17) is 10.5 Å². The minimum absolute atomic E-state index is 0.162. The largest absolute Gasteiger partial charge is 0.378 e. The van der Waals surface area contributed by atoms with Crippen LogP contribution in [0.3, 0.4) is 0 Å². The summed E-state index contributed by atoms with van der Waals surface area (Å²) in [7, 11) is 0. The third-order valence-corrected chi connectivity index (χ3v) is 5.26. The van der Waals surface area contributed by atoms with Crippen LogP contribution in [0.5, 0.6) is 0 Å². The summed E-state index contributed by atoms with van der Waals surface area (Å²) < 4.78 is 5.68.